The zero-order valence-electron chi connectivity index (χ0n) is 11.6. The molecule has 3 rings (SSSR count). The van der Waals surface area contributed by atoms with Gasteiger partial charge in [-0.25, -0.2) is 0 Å². The summed E-state index contributed by atoms with van der Waals surface area (Å²) < 4.78 is 37.7. The van der Waals surface area contributed by atoms with Crippen molar-refractivity contribution in [1.29, 1.82) is 0 Å². The lowest BCUT2D eigenvalue weighted by molar-refractivity contribution is -0.137. The molecule has 0 unspecified atom stereocenters. The van der Waals surface area contributed by atoms with E-state index in [-0.39, 0.29) is 0 Å². The zero-order chi connectivity index (χ0) is 15.9. The van der Waals surface area contributed by atoms with E-state index in [1.54, 1.807) is 6.07 Å². The first-order chi connectivity index (χ1) is 10.3. The number of rotatable bonds is 2. The molecule has 0 amide bonds. The molecule has 116 valence electrons. The van der Waals surface area contributed by atoms with Crippen molar-refractivity contribution in [1.82, 2.24) is 0 Å². The van der Waals surface area contributed by atoms with Crippen molar-refractivity contribution < 1.29 is 13.2 Å². The zero-order valence-corrected chi connectivity index (χ0v) is 12.4. The van der Waals surface area contributed by atoms with E-state index in [1.165, 1.54) is 12.1 Å². The molecule has 0 spiro atoms. The fraction of sp³-hybridized carbons (Fsp3) is 0.250. The smallest absolute Gasteiger partial charge is 0.399 e. The van der Waals surface area contributed by atoms with Crippen LogP contribution in [-0.4, -0.2) is 6.54 Å². The van der Waals surface area contributed by atoms with Crippen LogP contribution in [0.4, 0.5) is 24.5 Å². The van der Waals surface area contributed by atoms with Gasteiger partial charge in [0, 0.05) is 18.8 Å². The normalized spacial score (nSPS) is 14.3. The predicted octanol–water partition coefficient (Wildman–Crippen LogP) is 4.50. The van der Waals surface area contributed by atoms with Crippen LogP contribution in [0.2, 0.25) is 5.02 Å². The highest BCUT2D eigenvalue weighted by molar-refractivity contribution is 6.33. The van der Waals surface area contributed by atoms with Gasteiger partial charge in [-0.1, -0.05) is 23.7 Å². The topological polar surface area (TPSA) is 29.3 Å². The summed E-state index contributed by atoms with van der Waals surface area (Å²) in [7, 11) is 0. The van der Waals surface area contributed by atoms with E-state index in [0.29, 0.717) is 17.3 Å². The largest absolute Gasteiger partial charge is 0.416 e. The molecule has 1 aliphatic heterocycles. The number of nitrogens with two attached hydrogens (primary N) is 1. The number of alkyl halides is 3. The highest BCUT2D eigenvalue weighted by Gasteiger charge is 2.30. The van der Waals surface area contributed by atoms with Gasteiger partial charge in [0.05, 0.1) is 16.3 Å². The molecule has 2 aromatic carbocycles. The van der Waals surface area contributed by atoms with Gasteiger partial charge < -0.3 is 10.6 Å². The highest BCUT2D eigenvalue weighted by atomic mass is 35.5. The second-order valence-electron chi connectivity index (χ2n) is 5.38. The van der Waals surface area contributed by atoms with Gasteiger partial charge in [0.1, 0.15) is 0 Å². The number of hydrogen-bond acceptors (Lipinski definition) is 2. The summed E-state index contributed by atoms with van der Waals surface area (Å²) >= 11 is 6.25. The Labute approximate surface area is 131 Å². The van der Waals surface area contributed by atoms with Crippen molar-refractivity contribution >= 4 is 23.0 Å². The van der Waals surface area contributed by atoms with Crippen molar-refractivity contribution in [3.63, 3.8) is 0 Å². The second kappa shape index (κ2) is 5.39. The summed E-state index contributed by atoms with van der Waals surface area (Å²) in [6, 6.07) is 8.82. The monoisotopic (exact) mass is 326 g/mol. The summed E-state index contributed by atoms with van der Waals surface area (Å²) in [4.78, 5) is 2.07. The van der Waals surface area contributed by atoms with Crippen LogP contribution in [0.1, 0.15) is 16.7 Å². The summed E-state index contributed by atoms with van der Waals surface area (Å²) in [5.41, 5.74) is 8.59. The van der Waals surface area contributed by atoms with Crippen molar-refractivity contribution in [2.24, 2.45) is 0 Å². The molecule has 1 heterocycles. The number of nitrogen functional groups attached to an aromatic ring is 1. The molecule has 2 nitrogen and oxygen atoms in total. The van der Waals surface area contributed by atoms with E-state index in [0.717, 1.165) is 41.9 Å². The van der Waals surface area contributed by atoms with Gasteiger partial charge in [-0.2, -0.15) is 13.2 Å². The summed E-state index contributed by atoms with van der Waals surface area (Å²) in [5, 5.41) is 0.583. The van der Waals surface area contributed by atoms with Gasteiger partial charge in [-0.05, 0) is 41.8 Å². The number of benzene rings is 2. The lowest BCUT2D eigenvalue weighted by Crippen LogP contribution is -2.20. The van der Waals surface area contributed by atoms with Gasteiger partial charge in [0.15, 0.2) is 0 Å². The number of nitrogens with zero attached hydrogens (tertiary/aromatic N) is 1. The van der Waals surface area contributed by atoms with Crippen molar-refractivity contribution in [3.05, 3.63) is 58.1 Å². The van der Waals surface area contributed by atoms with Gasteiger partial charge in [0.25, 0.3) is 0 Å². The molecule has 0 fully saturated rings. The van der Waals surface area contributed by atoms with Crippen LogP contribution in [-0.2, 0) is 19.1 Å². The molecule has 2 aromatic rings. The average molecular weight is 327 g/mol. The quantitative estimate of drug-likeness (QED) is 0.823. The highest BCUT2D eigenvalue weighted by Crippen LogP contribution is 2.38. The van der Waals surface area contributed by atoms with Crippen LogP contribution in [0.25, 0.3) is 0 Å². The Morgan fingerprint density at radius 3 is 2.45 bits per heavy atom. The Balaban J connectivity index is 1.82. The predicted molar refractivity (Wildman–Crippen MR) is 82.1 cm³/mol. The molecule has 1 aliphatic rings. The molecule has 0 aromatic heterocycles. The van der Waals surface area contributed by atoms with E-state index in [2.05, 4.69) is 4.90 Å². The number of anilines is 2. The third-order valence-electron chi connectivity index (χ3n) is 3.79. The minimum Gasteiger partial charge on any atom is -0.399 e. The molecule has 0 atom stereocenters. The Morgan fingerprint density at radius 2 is 1.82 bits per heavy atom. The van der Waals surface area contributed by atoms with E-state index >= 15 is 0 Å². The Bertz CT molecular complexity index is 696. The number of hydrogen-bond donors (Lipinski definition) is 1. The third-order valence-corrected chi connectivity index (χ3v) is 4.07. The fourth-order valence-corrected chi connectivity index (χ4v) is 3.14. The van der Waals surface area contributed by atoms with Crippen LogP contribution >= 0.6 is 11.6 Å². The molecule has 0 bridgehead atoms. The van der Waals surface area contributed by atoms with Crippen LogP contribution in [0.5, 0.6) is 0 Å². The second-order valence-corrected chi connectivity index (χ2v) is 5.78. The molecule has 22 heavy (non-hydrogen) atoms. The first-order valence-corrected chi connectivity index (χ1v) is 7.21. The van der Waals surface area contributed by atoms with Crippen LogP contribution in [0.15, 0.2) is 36.4 Å². The first-order valence-electron chi connectivity index (χ1n) is 6.83. The van der Waals surface area contributed by atoms with Gasteiger partial charge in [-0.15, -0.1) is 0 Å². The van der Waals surface area contributed by atoms with Gasteiger partial charge in [0.2, 0.25) is 0 Å². The minimum absolute atomic E-state index is 0.523. The molecular weight excluding hydrogens is 313 g/mol. The molecule has 6 heteroatoms. The first kappa shape index (κ1) is 15.0. The van der Waals surface area contributed by atoms with Gasteiger partial charge in [-0.3, -0.25) is 0 Å². The lowest BCUT2D eigenvalue weighted by Gasteiger charge is -2.21. The maximum atomic E-state index is 12.6. The summed E-state index contributed by atoms with van der Waals surface area (Å²) in [5.74, 6) is 0. The fourth-order valence-electron chi connectivity index (χ4n) is 2.77. The maximum absolute atomic E-state index is 12.6. The van der Waals surface area contributed by atoms with Crippen LogP contribution in [0, 0.1) is 0 Å². The Kier molecular flexibility index (Phi) is 3.68. The molecular formula is C16H14ClF3N2. The number of fused-ring (bicyclic) bond motifs is 1. The maximum Gasteiger partial charge on any atom is 0.416 e. The van der Waals surface area contributed by atoms with Crippen molar-refractivity contribution in [2.45, 2.75) is 19.1 Å². The van der Waals surface area contributed by atoms with E-state index in [1.807, 2.05) is 6.07 Å². The standard InChI is InChI=1S/C16H14ClF3N2/c17-14-8-13(21)7-11-5-6-22(15(11)14)9-10-1-3-12(4-2-10)16(18,19)20/h1-4,7-8H,5-6,9,21H2. The summed E-state index contributed by atoms with van der Waals surface area (Å²) in [6.07, 6.45) is -3.47. The molecule has 0 radical (unpaired) electrons. The van der Waals surface area contributed by atoms with Gasteiger partial charge >= 0.3 is 6.18 Å². The van der Waals surface area contributed by atoms with E-state index in [4.69, 9.17) is 17.3 Å². The van der Waals surface area contributed by atoms with E-state index < -0.39 is 11.7 Å². The Hall–Kier alpha value is -1.88. The Morgan fingerprint density at radius 1 is 1.14 bits per heavy atom. The lowest BCUT2D eigenvalue weighted by atomic mass is 10.1. The number of halogens is 4. The van der Waals surface area contributed by atoms with Crippen LogP contribution in [0.3, 0.4) is 0 Å². The van der Waals surface area contributed by atoms with Crippen molar-refractivity contribution in [2.75, 3.05) is 17.2 Å². The SMILES string of the molecule is Nc1cc(Cl)c2c(c1)CCN2Cc1ccc(C(F)(F)F)cc1. The average Bonchev–Trinajstić information content (AvgIpc) is 2.81. The summed E-state index contributed by atoms with van der Waals surface area (Å²) in [6.45, 7) is 1.30. The van der Waals surface area contributed by atoms with E-state index in [9.17, 15) is 13.2 Å². The molecule has 2 N–H and O–H groups in total. The minimum atomic E-state index is -4.31. The molecule has 0 saturated carbocycles. The molecule has 0 saturated heterocycles. The van der Waals surface area contributed by atoms with Crippen LogP contribution < -0.4 is 10.6 Å². The third kappa shape index (κ3) is 2.86. The molecule has 0 aliphatic carbocycles. The van der Waals surface area contributed by atoms with Crippen molar-refractivity contribution in [3.8, 4) is 0 Å².